The average molecular weight is 299 g/mol. The molecular formula is C13H18F5NO. The number of rotatable bonds is 1. The Morgan fingerprint density at radius 1 is 1.10 bits per heavy atom. The van der Waals surface area contributed by atoms with Gasteiger partial charge in [-0.25, -0.2) is 0 Å². The molecule has 0 aromatic carbocycles. The second-order valence-electron chi connectivity index (χ2n) is 7.22. The number of likely N-dealkylation sites (tertiary alicyclic amines) is 1. The van der Waals surface area contributed by atoms with E-state index in [-0.39, 0.29) is 17.4 Å². The van der Waals surface area contributed by atoms with Crippen LogP contribution in [0.3, 0.4) is 0 Å². The molecule has 1 aliphatic carbocycles. The summed E-state index contributed by atoms with van der Waals surface area (Å²) >= 11 is 0. The summed E-state index contributed by atoms with van der Waals surface area (Å²) in [6, 6.07) is -0.524. The van der Waals surface area contributed by atoms with E-state index in [0.29, 0.717) is 12.8 Å². The highest BCUT2D eigenvalue weighted by atomic mass is 19.4. The first kappa shape index (κ1) is 15.5. The van der Waals surface area contributed by atoms with Gasteiger partial charge in [-0.05, 0) is 30.1 Å². The summed E-state index contributed by atoms with van der Waals surface area (Å²) in [4.78, 5) is 12.4. The molecule has 2 bridgehead atoms. The van der Waals surface area contributed by atoms with Crippen molar-refractivity contribution in [2.75, 3.05) is 6.54 Å². The van der Waals surface area contributed by atoms with E-state index in [4.69, 9.17) is 0 Å². The van der Waals surface area contributed by atoms with Gasteiger partial charge in [-0.3, -0.25) is 4.79 Å². The van der Waals surface area contributed by atoms with E-state index in [0.717, 1.165) is 11.3 Å². The van der Waals surface area contributed by atoms with Crippen molar-refractivity contribution in [2.24, 2.45) is 10.8 Å². The van der Waals surface area contributed by atoms with Crippen molar-refractivity contribution < 1.29 is 26.7 Å². The third-order valence-corrected chi connectivity index (χ3v) is 4.30. The molecule has 0 aromatic rings. The van der Waals surface area contributed by atoms with Crippen LogP contribution >= 0.6 is 0 Å². The summed E-state index contributed by atoms with van der Waals surface area (Å²) in [6.07, 6.45) is -4.16. The zero-order valence-electron chi connectivity index (χ0n) is 11.7. The summed E-state index contributed by atoms with van der Waals surface area (Å²) in [6.45, 7) is 5.73. The number of halogens is 5. The van der Waals surface area contributed by atoms with Crippen LogP contribution in [0, 0.1) is 10.8 Å². The second kappa shape index (κ2) is 4.07. The van der Waals surface area contributed by atoms with Gasteiger partial charge in [0.1, 0.15) is 0 Å². The van der Waals surface area contributed by atoms with Crippen molar-refractivity contribution in [3.8, 4) is 0 Å². The Morgan fingerprint density at radius 3 is 2.15 bits per heavy atom. The summed E-state index contributed by atoms with van der Waals surface area (Å²) in [5.74, 6) is -7.40. The highest BCUT2D eigenvalue weighted by Gasteiger charge is 2.66. The Bertz CT molecular complexity index is 431. The predicted octanol–water partition coefficient (Wildman–Crippen LogP) is 3.61. The number of carbonyl (C=O) groups is 1. The Morgan fingerprint density at radius 2 is 1.65 bits per heavy atom. The molecule has 2 rings (SSSR count). The lowest BCUT2D eigenvalue weighted by atomic mass is 9.65. The molecule has 20 heavy (non-hydrogen) atoms. The summed E-state index contributed by atoms with van der Waals surface area (Å²) in [7, 11) is 0. The highest BCUT2D eigenvalue weighted by molar-refractivity contribution is 5.85. The van der Waals surface area contributed by atoms with Gasteiger partial charge in [-0.15, -0.1) is 0 Å². The molecular weight excluding hydrogens is 281 g/mol. The molecule has 7 heteroatoms. The molecule has 2 atom stereocenters. The summed E-state index contributed by atoms with van der Waals surface area (Å²) in [5, 5.41) is 0. The molecule has 1 amide bonds. The monoisotopic (exact) mass is 299 g/mol. The predicted molar refractivity (Wildman–Crippen MR) is 62.2 cm³/mol. The SMILES string of the molecule is CC1(C)CC2CC(C)(CN2C(=O)C(F)(F)C(F)(F)F)C1. The van der Waals surface area contributed by atoms with Gasteiger partial charge in [0, 0.05) is 12.6 Å². The van der Waals surface area contributed by atoms with Gasteiger partial charge in [-0.2, -0.15) is 22.0 Å². The first-order valence-corrected chi connectivity index (χ1v) is 6.53. The van der Waals surface area contributed by atoms with E-state index in [9.17, 15) is 26.7 Å². The van der Waals surface area contributed by atoms with Crippen LogP contribution in [0.15, 0.2) is 0 Å². The number of hydrogen-bond acceptors (Lipinski definition) is 1. The zero-order valence-corrected chi connectivity index (χ0v) is 11.7. The van der Waals surface area contributed by atoms with Gasteiger partial charge in [0.15, 0.2) is 0 Å². The molecule has 1 heterocycles. The molecule has 2 nitrogen and oxygen atoms in total. The maximum atomic E-state index is 13.2. The lowest BCUT2D eigenvalue weighted by Gasteiger charge is -2.39. The van der Waals surface area contributed by atoms with Crippen LogP contribution in [0.1, 0.15) is 40.0 Å². The number of fused-ring (bicyclic) bond motifs is 2. The minimum absolute atomic E-state index is 0.0222. The van der Waals surface area contributed by atoms with E-state index in [1.54, 1.807) is 0 Å². The van der Waals surface area contributed by atoms with E-state index in [1.165, 1.54) is 0 Å². The van der Waals surface area contributed by atoms with Crippen molar-refractivity contribution in [3.63, 3.8) is 0 Å². The summed E-state index contributed by atoms with van der Waals surface area (Å²) in [5.41, 5.74) is -0.524. The smallest absolute Gasteiger partial charge is 0.334 e. The van der Waals surface area contributed by atoms with Crippen LogP contribution in [-0.2, 0) is 4.79 Å². The lowest BCUT2D eigenvalue weighted by Crippen LogP contribution is -2.53. The number of hydrogen-bond donors (Lipinski definition) is 0. The normalized spacial score (nSPS) is 33.4. The number of nitrogens with zero attached hydrogens (tertiary/aromatic N) is 1. The molecule has 1 aliphatic heterocycles. The number of carbonyl (C=O) groups excluding carboxylic acids is 1. The third-order valence-electron chi connectivity index (χ3n) is 4.30. The maximum absolute atomic E-state index is 13.2. The maximum Gasteiger partial charge on any atom is 0.463 e. The van der Waals surface area contributed by atoms with Crippen molar-refractivity contribution >= 4 is 5.91 Å². The highest BCUT2D eigenvalue weighted by Crippen LogP contribution is 2.53. The minimum atomic E-state index is -5.84. The molecule has 0 aromatic heterocycles. The molecule has 0 radical (unpaired) electrons. The fraction of sp³-hybridized carbons (Fsp3) is 0.923. The van der Waals surface area contributed by atoms with Crippen molar-refractivity contribution in [2.45, 2.75) is 58.2 Å². The fourth-order valence-corrected chi connectivity index (χ4v) is 4.00. The van der Waals surface area contributed by atoms with Gasteiger partial charge in [0.05, 0.1) is 0 Å². The van der Waals surface area contributed by atoms with Crippen LogP contribution in [0.4, 0.5) is 22.0 Å². The molecule has 0 N–H and O–H groups in total. The van der Waals surface area contributed by atoms with E-state index < -0.39 is 24.0 Å². The van der Waals surface area contributed by atoms with Crippen molar-refractivity contribution in [1.29, 1.82) is 0 Å². The topological polar surface area (TPSA) is 20.3 Å². The minimum Gasteiger partial charge on any atom is -0.334 e. The van der Waals surface area contributed by atoms with Crippen LogP contribution < -0.4 is 0 Å². The van der Waals surface area contributed by atoms with Gasteiger partial charge in [0.25, 0.3) is 0 Å². The Kier molecular flexibility index (Phi) is 3.16. The van der Waals surface area contributed by atoms with Gasteiger partial charge >= 0.3 is 18.0 Å². The van der Waals surface area contributed by atoms with Gasteiger partial charge < -0.3 is 4.90 Å². The molecule has 1 saturated carbocycles. The molecule has 1 saturated heterocycles. The number of amides is 1. The first-order chi connectivity index (χ1) is 8.78. The average Bonchev–Trinajstić information content (AvgIpc) is 2.44. The zero-order chi connectivity index (χ0) is 15.6. The van der Waals surface area contributed by atoms with Crippen LogP contribution in [-0.4, -0.2) is 35.5 Å². The number of alkyl halides is 5. The second-order valence-corrected chi connectivity index (χ2v) is 7.22. The van der Waals surface area contributed by atoms with Crippen molar-refractivity contribution in [3.05, 3.63) is 0 Å². The van der Waals surface area contributed by atoms with Crippen molar-refractivity contribution in [1.82, 2.24) is 4.90 Å². The van der Waals surface area contributed by atoms with Gasteiger partial charge in [-0.1, -0.05) is 20.8 Å². The first-order valence-electron chi connectivity index (χ1n) is 6.53. The lowest BCUT2D eigenvalue weighted by molar-refractivity contribution is -0.274. The fourth-order valence-electron chi connectivity index (χ4n) is 4.00. The Hall–Kier alpha value is -0.880. The van der Waals surface area contributed by atoms with Crippen LogP contribution in [0.25, 0.3) is 0 Å². The summed E-state index contributed by atoms with van der Waals surface area (Å²) < 4.78 is 63.5. The largest absolute Gasteiger partial charge is 0.463 e. The van der Waals surface area contributed by atoms with Crippen LogP contribution in [0.2, 0.25) is 0 Å². The van der Waals surface area contributed by atoms with Crippen LogP contribution in [0.5, 0.6) is 0 Å². The molecule has 2 aliphatic rings. The Labute approximate surface area is 114 Å². The van der Waals surface area contributed by atoms with Gasteiger partial charge in [0.2, 0.25) is 0 Å². The molecule has 116 valence electrons. The quantitative estimate of drug-likeness (QED) is 0.677. The molecule has 0 spiro atoms. The standard InChI is InChI=1S/C13H18F5NO/c1-10(2)4-8-5-11(3,6-10)7-19(8)9(20)12(14,15)13(16,17)18/h8H,4-7H2,1-3H3. The van der Waals surface area contributed by atoms with E-state index in [2.05, 4.69) is 0 Å². The molecule has 2 fully saturated rings. The van der Waals surface area contributed by atoms with E-state index >= 15 is 0 Å². The third kappa shape index (κ3) is 2.39. The molecule has 2 unspecified atom stereocenters. The van der Waals surface area contributed by atoms with E-state index in [1.807, 2.05) is 20.8 Å². The Balaban J connectivity index is 2.26.